The minimum absolute atomic E-state index is 0.0448. The Morgan fingerprint density at radius 1 is 1.62 bits per heavy atom. The molecule has 7 heteroatoms. The van der Waals surface area contributed by atoms with Crippen LogP contribution in [0.5, 0.6) is 0 Å². The largest absolute Gasteiger partial charge is 0.375 e. The number of amides is 1. The third-order valence-electron chi connectivity index (χ3n) is 1.71. The summed E-state index contributed by atoms with van der Waals surface area (Å²) in [6.45, 7) is -0.0660. The van der Waals surface area contributed by atoms with Crippen LogP contribution in [0.25, 0.3) is 0 Å². The van der Waals surface area contributed by atoms with Crippen molar-refractivity contribution in [3.63, 3.8) is 0 Å². The minimum Gasteiger partial charge on any atom is -0.375 e. The Morgan fingerprint density at radius 3 is 2.81 bits per heavy atom. The van der Waals surface area contributed by atoms with Crippen LogP contribution in [-0.2, 0) is 9.53 Å². The van der Waals surface area contributed by atoms with Gasteiger partial charge in [-0.1, -0.05) is 0 Å². The standard InChI is InChI=1S/C9H9BrN2O4/c1-16-5-9(13)11-8-3-2-6(12(14)15)4-7(8)10/h2-4H,5H2,1H3,(H,11,13). The lowest BCUT2D eigenvalue weighted by atomic mass is 10.3. The molecule has 86 valence electrons. The van der Waals surface area contributed by atoms with Crippen LogP contribution in [0.1, 0.15) is 0 Å². The Morgan fingerprint density at radius 2 is 2.31 bits per heavy atom. The number of anilines is 1. The molecule has 0 heterocycles. The molecule has 0 spiro atoms. The van der Waals surface area contributed by atoms with E-state index in [9.17, 15) is 14.9 Å². The number of nitrogens with one attached hydrogen (secondary N) is 1. The number of halogens is 1. The molecule has 1 aromatic carbocycles. The molecule has 1 aromatic rings. The van der Waals surface area contributed by atoms with Crippen molar-refractivity contribution in [1.29, 1.82) is 0 Å². The molecule has 0 radical (unpaired) electrons. The molecule has 0 saturated heterocycles. The number of hydrogen-bond acceptors (Lipinski definition) is 4. The van der Waals surface area contributed by atoms with Gasteiger partial charge in [0.2, 0.25) is 5.91 Å². The zero-order valence-electron chi connectivity index (χ0n) is 8.40. The summed E-state index contributed by atoms with van der Waals surface area (Å²) in [5, 5.41) is 13.0. The van der Waals surface area contributed by atoms with Crippen LogP contribution in [0, 0.1) is 10.1 Å². The quantitative estimate of drug-likeness (QED) is 0.678. The summed E-state index contributed by atoms with van der Waals surface area (Å²) < 4.78 is 5.09. The van der Waals surface area contributed by atoms with E-state index in [0.717, 1.165) is 0 Å². The van der Waals surface area contributed by atoms with Crippen molar-refractivity contribution < 1.29 is 14.5 Å². The average molecular weight is 289 g/mol. The van der Waals surface area contributed by atoms with Gasteiger partial charge in [-0.3, -0.25) is 14.9 Å². The Kier molecular flexibility index (Phi) is 4.39. The zero-order chi connectivity index (χ0) is 12.1. The summed E-state index contributed by atoms with van der Waals surface area (Å²) in [6.07, 6.45) is 0. The normalized spacial score (nSPS) is 9.88. The van der Waals surface area contributed by atoms with Crippen molar-refractivity contribution in [1.82, 2.24) is 0 Å². The van der Waals surface area contributed by atoms with Gasteiger partial charge in [-0.15, -0.1) is 0 Å². The molecule has 0 bridgehead atoms. The number of carbonyl (C=O) groups is 1. The topological polar surface area (TPSA) is 81.5 Å². The summed E-state index contributed by atoms with van der Waals surface area (Å²) in [6, 6.07) is 4.09. The van der Waals surface area contributed by atoms with Crippen LogP contribution in [0.2, 0.25) is 0 Å². The number of benzene rings is 1. The summed E-state index contributed by atoms with van der Waals surface area (Å²) >= 11 is 3.14. The highest BCUT2D eigenvalue weighted by molar-refractivity contribution is 9.10. The molecule has 0 aliphatic carbocycles. The summed E-state index contributed by atoms with van der Waals surface area (Å²) in [5.74, 6) is -0.322. The van der Waals surface area contributed by atoms with E-state index in [1.54, 1.807) is 0 Å². The minimum atomic E-state index is -0.508. The Hall–Kier alpha value is -1.47. The molecule has 0 aliphatic rings. The van der Waals surface area contributed by atoms with Gasteiger partial charge in [-0.2, -0.15) is 0 Å². The van der Waals surface area contributed by atoms with E-state index in [2.05, 4.69) is 26.0 Å². The molecule has 6 nitrogen and oxygen atoms in total. The SMILES string of the molecule is COCC(=O)Nc1ccc([N+](=O)[O-])cc1Br. The number of non-ortho nitro benzene ring substituents is 1. The summed E-state index contributed by atoms with van der Waals surface area (Å²) in [4.78, 5) is 21.2. The van der Waals surface area contributed by atoms with Gasteiger partial charge in [0.1, 0.15) is 6.61 Å². The van der Waals surface area contributed by atoms with Crippen molar-refractivity contribution in [3.05, 3.63) is 32.8 Å². The molecule has 0 unspecified atom stereocenters. The van der Waals surface area contributed by atoms with E-state index < -0.39 is 4.92 Å². The van der Waals surface area contributed by atoms with Gasteiger partial charge in [0, 0.05) is 23.7 Å². The molecule has 1 N–H and O–H groups in total. The monoisotopic (exact) mass is 288 g/mol. The fourth-order valence-corrected chi connectivity index (χ4v) is 1.50. The second kappa shape index (κ2) is 5.57. The maximum absolute atomic E-state index is 11.2. The molecule has 0 atom stereocenters. The van der Waals surface area contributed by atoms with Crippen molar-refractivity contribution >= 4 is 33.2 Å². The first-order valence-corrected chi connectivity index (χ1v) is 5.06. The van der Waals surface area contributed by atoms with Crippen molar-refractivity contribution in [2.24, 2.45) is 0 Å². The number of nitro benzene ring substituents is 1. The van der Waals surface area contributed by atoms with E-state index in [1.165, 1.54) is 25.3 Å². The molecular weight excluding hydrogens is 280 g/mol. The van der Waals surface area contributed by atoms with Crippen molar-refractivity contribution in [2.45, 2.75) is 0 Å². The molecule has 0 aromatic heterocycles. The smallest absolute Gasteiger partial charge is 0.270 e. The first-order chi connectivity index (χ1) is 7.54. The lowest BCUT2D eigenvalue weighted by Crippen LogP contribution is -2.17. The summed E-state index contributed by atoms with van der Waals surface area (Å²) in [7, 11) is 1.41. The molecule has 0 aliphatic heterocycles. The second-order valence-electron chi connectivity index (χ2n) is 2.90. The van der Waals surface area contributed by atoms with E-state index >= 15 is 0 Å². The third kappa shape index (κ3) is 3.28. The highest BCUT2D eigenvalue weighted by Gasteiger charge is 2.10. The predicted molar refractivity (Wildman–Crippen MR) is 61.3 cm³/mol. The van der Waals surface area contributed by atoms with Gasteiger partial charge in [0.05, 0.1) is 10.6 Å². The van der Waals surface area contributed by atoms with E-state index in [4.69, 9.17) is 0 Å². The predicted octanol–water partition coefficient (Wildman–Crippen LogP) is 1.94. The Bertz CT molecular complexity index is 422. The molecule has 0 fully saturated rings. The van der Waals surface area contributed by atoms with Crippen LogP contribution >= 0.6 is 15.9 Å². The molecule has 1 amide bonds. The van der Waals surface area contributed by atoms with Crippen LogP contribution < -0.4 is 5.32 Å². The van der Waals surface area contributed by atoms with Gasteiger partial charge in [0.15, 0.2) is 0 Å². The Balaban J connectivity index is 2.83. The lowest BCUT2D eigenvalue weighted by molar-refractivity contribution is -0.384. The number of hydrogen-bond donors (Lipinski definition) is 1. The van der Waals surface area contributed by atoms with E-state index in [1.807, 2.05) is 0 Å². The maximum atomic E-state index is 11.2. The second-order valence-corrected chi connectivity index (χ2v) is 3.76. The maximum Gasteiger partial charge on any atom is 0.270 e. The Labute approximate surface area is 99.9 Å². The molecule has 0 saturated carbocycles. The average Bonchev–Trinajstić information content (AvgIpc) is 2.21. The van der Waals surface area contributed by atoms with Gasteiger partial charge >= 0.3 is 0 Å². The van der Waals surface area contributed by atoms with Gasteiger partial charge in [0.25, 0.3) is 5.69 Å². The molecule has 1 rings (SSSR count). The van der Waals surface area contributed by atoms with Crippen molar-refractivity contribution in [3.8, 4) is 0 Å². The first kappa shape index (κ1) is 12.6. The number of methoxy groups -OCH3 is 1. The lowest BCUT2D eigenvalue weighted by Gasteiger charge is -2.06. The van der Waals surface area contributed by atoms with Gasteiger partial charge in [-0.25, -0.2) is 0 Å². The molecule has 16 heavy (non-hydrogen) atoms. The van der Waals surface area contributed by atoms with Gasteiger partial charge in [-0.05, 0) is 22.0 Å². The number of nitrogens with zero attached hydrogens (tertiary/aromatic N) is 1. The van der Waals surface area contributed by atoms with E-state index in [-0.39, 0.29) is 18.2 Å². The number of nitro groups is 1. The zero-order valence-corrected chi connectivity index (χ0v) is 9.98. The summed E-state index contributed by atoms with van der Waals surface area (Å²) in [5.41, 5.74) is 0.421. The van der Waals surface area contributed by atoms with Crippen molar-refractivity contribution in [2.75, 3.05) is 19.0 Å². The fraction of sp³-hybridized carbons (Fsp3) is 0.222. The highest BCUT2D eigenvalue weighted by Crippen LogP contribution is 2.26. The highest BCUT2D eigenvalue weighted by atomic mass is 79.9. The molecular formula is C9H9BrN2O4. The van der Waals surface area contributed by atoms with E-state index in [0.29, 0.717) is 10.2 Å². The fourth-order valence-electron chi connectivity index (χ4n) is 1.04. The number of carbonyl (C=O) groups excluding carboxylic acids is 1. The van der Waals surface area contributed by atoms with Crippen LogP contribution in [0.15, 0.2) is 22.7 Å². The van der Waals surface area contributed by atoms with Crippen LogP contribution in [0.3, 0.4) is 0 Å². The first-order valence-electron chi connectivity index (χ1n) is 4.27. The number of ether oxygens (including phenoxy) is 1. The van der Waals surface area contributed by atoms with Crippen LogP contribution in [0.4, 0.5) is 11.4 Å². The van der Waals surface area contributed by atoms with Gasteiger partial charge < -0.3 is 10.1 Å². The third-order valence-corrected chi connectivity index (χ3v) is 2.37. The number of rotatable bonds is 4. The van der Waals surface area contributed by atoms with Crippen LogP contribution in [-0.4, -0.2) is 24.5 Å².